The van der Waals surface area contributed by atoms with Crippen LogP contribution in [0.5, 0.6) is 5.75 Å². The van der Waals surface area contributed by atoms with Crippen LogP contribution in [0, 0.1) is 0 Å². The highest BCUT2D eigenvalue weighted by molar-refractivity contribution is 8.00. The molecule has 0 bridgehead atoms. The van der Waals surface area contributed by atoms with E-state index in [-0.39, 0.29) is 23.7 Å². The van der Waals surface area contributed by atoms with Gasteiger partial charge in [0, 0.05) is 0 Å². The Morgan fingerprint density at radius 2 is 2.39 bits per heavy atom. The molecule has 1 fully saturated rings. The molecular weight excluding hydrogens is 318 g/mol. The summed E-state index contributed by atoms with van der Waals surface area (Å²) < 4.78 is 6.60. The van der Waals surface area contributed by atoms with Gasteiger partial charge in [0.05, 0.1) is 12.9 Å². The van der Waals surface area contributed by atoms with E-state index in [2.05, 4.69) is 15.5 Å². The maximum absolute atomic E-state index is 12.1. The van der Waals surface area contributed by atoms with E-state index in [0.29, 0.717) is 11.5 Å². The topological polar surface area (TPSA) is 89.4 Å². The number of amides is 2. The molecule has 2 aromatic rings. The lowest BCUT2D eigenvalue weighted by Crippen LogP contribution is -2.45. The maximum atomic E-state index is 12.1. The first-order valence-electron chi connectivity index (χ1n) is 6.87. The molecule has 9 heteroatoms. The van der Waals surface area contributed by atoms with Gasteiger partial charge >= 0.3 is 0 Å². The molecule has 0 saturated carbocycles. The molecule has 0 aliphatic carbocycles. The molecule has 2 heterocycles. The second-order valence-electron chi connectivity index (χ2n) is 4.83. The molecule has 1 N–H and O–H groups in total. The zero-order valence-corrected chi connectivity index (χ0v) is 13.2. The normalized spacial score (nSPS) is 17.3. The minimum Gasteiger partial charge on any atom is -0.497 e. The Morgan fingerprint density at radius 3 is 3.13 bits per heavy atom. The van der Waals surface area contributed by atoms with Crippen molar-refractivity contribution in [3.05, 3.63) is 42.5 Å². The Balaban J connectivity index is 1.73. The van der Waals surface area contributed by atoms with E-state index in [1.165, 1.54) is 34.1 Å². The number of thioether (sulfide) groups is 1. The van der Waals surface area contributed by atoms with Crippen LogP contribution in [0.4, 0.5) is 0 Å². The zero-order valence-electron chi connectivity index (χ0n) is 12.4. The van der Waals surface area contributed by atoms with E-state index in [1.807, 2.05) is 24.3 Å². The minimum absolute atomic E-state index is 0.000717. The Bertz CT molecular complexity index is 706. The Hall–Kier alpha value is -2.55. The van der Waals surface area contributed by atoms with Gasteiger partial charge < -0.3 is 4.74 Å². The zero-order chi connectivity index (χ0) is 16.2. The lowest BCUT2D eigenvalue weighted by Gasteiger charge is -2.24. The summed E-state index contributed by atoms with van der Waals surface area (Å²) >= 11 is 1.45. The van der Waals surface area contributed by atoms with Crippen molar-refractivity contribution in [1.29, 1.82) is 0 Å². The number of ether oxygens (including phenoxy) is 1. The Kier molecular flexibility index (Phi) is 4.47. The van der Waals surface area contributed by atoms with Crippen LogP contribution >= 0.6 is 11.8 Å². The van der Waals surface area contributed by atoms with Crippen LogP contribution < -0.4 is 10.2 Å². The second-order valence-corrected chi connectivity index (χ2v) is 5.90. The lowest BCUT2D eigenvalue weighted by molar-refractivity contribution is -0.139. The van der Waals surface area contributed by atoms with Gasteiger partial charge in [-0.15, -0.1) is 11.8 Å². The molecule has 2 amide bonds. The molecule has 1 aliphatic rings. The number of methoxy groups -OCH3 is 1. The average molecular weight is 333 g/mol. The molecule has 3 rings (SSSR count). The van der Waals surface area contributed by atoms with Crippen LogP contribution in [0.15, 0.2) is 36.9 Å². The van der Waals surface area contributed by atoms with Crippen molar-refractivity contribution in [2.45, 2.75) is 11.9 Å². The van der Waals surface area contributed by atoms with Crippen LogP contribution in [0.2, 0.25) is 0 Å². The van der Waals surface area contributed by atoms with Crippen molar-refractivity contribution in [1.82, 2.24) is 25.2 Å². The summed E-state index contributed by atoms with van der Waals surface area (Å²) in [5.41, 5.74) is 3.54. The van der Waals surface area contributed by atoms with Crippen molar-refractivity contribution in [2.24, 2.45) is 0 Å². The summed E-state index contributed by atoms with van der Waals surface area (Å²) in [6, 6.07) is 7.44. The first kappa shape index (κ1) is 15.3. The average Bonchev–Trinajstić information content (AvgIpc) is 3.18. The van der Waals surface area contributed by atoms with Crippen LogP contribution in [0.25, 0.3) is 0 Å². The number of hydrazine groups is 1. The second kappa shape index (κ2) is 6.69. The summed E-state index contributed by atoms with van der Waals surface area (Å²) in [5, 5.41) is 4.95. The summed E-state index contributed by atoms with van der Waals surface area (Å²) in [6.07, 6.45) is 2.79. The van der Waals surface area contributed by atoms with E-state index < -0.39 is 0 Å². The number of hydrogen-bond donors (Lipinski definition) is 1. The molecule has 1 saturated heterocycles. The lowest BCUT2D eigenvalue weighted by atomic mass is 10.2. The van der Waals surface area contributed by atoms with Gasteiger partial charge in [-0.05, 0) is 17.7 Å². The van der Waals surface area contributed by atoms with Crippen LogP contribution in [0.3, 0.4) is 0 Å². The molecule has 23 heavy (non-hydrogen) atoms. The molecule has 1 aliphatic heterocycles. The molecular formula is C14H15N5O3S. The van der Waals surface area contributed by atoms with E-state index in [0.717, 1.165) is 5.56 Å². The summed E-state index contributed by atoms with van der Waals surface area (Å²) in [5.74, 6) is 0.538. The number of hydrogen-bond acceptors (Lipinski definition) is 6. The Morgan fingerprint density at radius 1 is 1.52 bits per heavy atom. The number of carbonyl (C=O) groups excluding carboxylic acids is 2. The summed E-state index contributed by atoms with van der Waals surface area (Å²) in [4.78, 5) is 27.9. The molecule has 1 unspecified atom stereocenters. The fraction of sp³-hybridized carbons (Fsp3) is 0.286. The van der Waals surface area contributed by atoms with Crippen LogP contribution in [-0.2, 0) is 16.1 Å². The molecule has 8 nitrogen and oxygen atoms in total. The minimum atomic E-state index is -0.334. The Labute approximate surface area is 136 Å². The summed E-state index contributed by atoms with van der Waals surface area (Å²) in [7, 11) is 1.59. The number of nitrogens with zero attached hydrogens (tertiary/aromatic N) is 4. The van der Waals surface area contributed by atoms with Crippen molar-refractivity contribution in [2.75, 3.05) is 12.9 Å². The van der Waals surface area contributed by atoms with Gasteiger partial charge in [-0.1, -0.05) is 12.1 Å². The monoisotopic (exact) mass is 333 g/mol. The van der Waals surface area contributed by atoms with E-state index >= 15 is 0 Å². The third kappa shape index (κ3) is 3.45. The van der Waals surface area contributed by atoms with Gasteiger partial charge in [0.2, 0.25) is 0 Å². The molecule has 1 aromatic heterocycles. The smallest absolute Gasteiger partial charge is 0.260 e. The highest BCUT2D eigenvalue weighted by atomic mass is 32.2. The highest BCUT2D eigenvalue weighted by Crippen LogP contribution is 2.38. The third-order valence-corrected chi connectivity index (χ3v) is 4.48. The largest absolute Gasteiger partial charge is 0.497 e. The van der Waals surface area contributed by atoms with E-state index in [9.17, 15) is 9.59 Å². The van der Waals surface area contributed by atoms with Crippen LogP contribution in [-0.4, -0.2) is 44.5 Å². The number of benzene rings is 1. The van der Waals surface area contributed by atoms with Crippen molar-refractivity contribution >= 4 is 23.6 Å². The fourth-order valence-corrected chi connectivity index (χ4v) is 3.32. The molecule has 1 atom stereocenters. The molecule has 0 spiro atoms. The van der Waals surface area contributed by atoms with Gasteiger partial charge in [0.15, 0.2) is 0 Å². The SMILES string of the molecule is COc1cccc(C2SCC(=O)N2NC(=O)Cn2cncn2)c1. The van der Waals surface area contributed by atoms with Crippen LogP contribution in [0.1, 0.15) is 10.9 Å². The predicted octanol–water partition coefficient (Wildman–Crippen LogP) is 0.592. The van der Waals surface area contributed by atoms with Crippen molar-refractivity contribution < 1.29 is 14.3 Å². The van der Waals surface area contributed by atoms with Gasteiger partial charge in [-0.25, -0.2) is 14.7 Å². The van der Waals surface area contributed by atoms with Crippen molar-refractivity contribution in [3.63, 3.8) is 0 Å². The van der Waals surface area contributed by atoms with Gasteiger partial charge in [0.1, 0.15) is 30.3 Å². The number of carbonyl (C=O) groups is 2. The van der Waals surface area contributed by atoms with E-state index in [4.69, 9.17) is 4.74 Å². The quantitative estimate of drug-likeness (QED) is 0.861. The number of rotatable bonds is 5. The number of nitrogens with one attached hydrogen (secondary N) is 1. The third-order valence-electron chi connectivity index (χ3n) is 3.26. The standard InChI is InChI=1S/C14H15N5O3S/c1-22-11-4-2-3-10(5-11)14-19(13(21)7-23-14)17-12(20)6-18-9-15-8-16-18/h2-5,8-9,14H,6-7H2,1H3,(H,17,20). The predicted molar refractivity (Wildman–Crippen MR) is 83.2 cm³/mol. The van der Waals surface area contributed by atoms with Gasteiger partial charge in [-0.3, -0.25) is 15.0 Å². The highest BCUT2D eigenvalue weighted by Gasteiger charge is 2.34. The number of aromatic nitrogens is 3. The van der Waals surface area contributed by atoms with Gasteiger partial charge in [-0.2, -0.15) is 5.10 Å². The molecule has 0 radical (unpaired) electrons. The molecule has 120 valence electrons. The molecule has 1 aromatic carbocycles. The van der Waals surface area contributed by atoms with Crippen molar-refractivity contribution in [3.8, 4) is 5.75 Å². The van der Waals surface area contributed by atoms with Gasteiger partial charge in [0.25, 0.3) is 11.8 Å². The van der Waals surface area contributed by atoms with E-state index in [1.54, 1.807) is 7.11 Å². The summed E-state index contributed by atoms with van der Waals surface area (Å²) in [6.45, 7) is -0.000717. The first-order chi connectivity index (χ1) is 11.2. The maximum Gasteiger partial charge on any atom is 0.260 e. The fourth-order valence-electron chi connectivity index (χ4n) is 2.22. The first-order valence-corrected chi connectivity index (χ1v) is 7.92.